The summed E-state index contributed by atoms with van der Waals surface area (Å²) in [5.74, 6) is 0.429. The summed E-state index contributed by atoms with van der Waals surface area (Å²) in [4.78, 5) is 11.0. The van der Waals surface area contributed by atoms with Crippen LogP contribution in [0.3, 0.4) is 0 Å². The first-order valence-corrected chi connectivity index (χ1v) is 16.4. The second kappa shape index (κ2) is 14.1. The minimum atomic E-state index is -0.889. The third-order valence-corrected chi connectivity index (χ3v) is 9.05. The van der Waals surface area contributed by atoms with Gasteiger partial charge in [0.25, 0.3) is 11.8 Å². The topological polar surface area (TPSA) is 84.2 Å². The molecule has 0 N–H and O–H groups in total. The second-order valence-corrected chi connectivity index (χ2v) is 11.9. The molecule has 0 spiro atoms. The highest BCUT2D eigenvalue weighted by molar-refractivity contribution is 6.45. The second-order valence-electron chi connectivity index (χ2n) is 11.1. The smallest absolute Gasteiger partial charge is 0.278 e. The lowest BCUT2D eigenvalue weighted by molar-refractivity contribution is 0.00572. The summed E-state index contributed by atoms with van der Waals surface area (Å²) < 4.78 is 17.9. The molecule has 0 bridgehead atoms. The molecule has 7 rings (SSSR count). The number of benzene rings is 5. The van der Waals surface area contributed by atoms with E-state index in [2.05, 4.69) is 41.4 Å². The molecule has 0 amide bonds. The normalized spacial score (nSPS) is 11.5. The Bertz CT molecular complexity index is 2100. The van der Waals surface area contributed by atoms with Crippen LogP contribution < -0.4 is 9.47 Å². The van der Waals surface area contributed by atoms with Crippen molar-refractivity contribution in [3.05, 3.63) is 154 Å². The van der Waals surface area contributed by atoms with Crippen LogP contribution in [0.15, 0.2) is 127 Å². The summed E-state index contributed by atoms with van der Waals surface area (Å²) in [6.07, 6.45) is 0. The van der Waals surface area contributed by atoms with E-state index in [-0.39, 0.29) is 23.4 Å². The van der Waals surface area contributed by atoms with E-state index in [4.69, 9.17) is 52.6 Å². The molecule has 0 aliphatic carbocycles. The molecule has 0 unspecified atom stereocenters. The number of nitrogens with zero attached hydrogens (tertiary/aromatic N) is 5. The number of ether oxygens (including phenoxy) is 3. The predicted octanol–water partition coefficient (Wildman–Crippen LogP) is 8.89. The van der Waals surface area contributed by atoms with Gasteiger partial charge in [-0.05, 0) is 22.8 Å². The van der Waals surface area contributed by atoms with Crippen LogP contribution in [-0.2, 0) is 16.9 Å². The molecule has 0 aliphatic rings. The van der Waals surface area contributed by atoms with Gasteiger partial charge in [0.1, 0.15) is 22.5 Å². The van der Waals surface area contributed by atoms with Crippen molar-refractivity contribution in [2.24, 2.45) is 0 Å². The molecule has 2 aromatic heterocycles. The van der Waals surface area contributed by atoms with Crippen molar-refractivity contribution in [3.8, 4) is 34.3 Å². The Hall–Kier alpha value is -5.28. The number of fused-ring (bicyclic) bond motifs is 1. The van der Waals surface area contributed by atoms with E-state index in [9.17, 15) is 0 Å². The van der Waals surface area contributed by atoms with Crippen LogP contribution in [0.5, 0.6) is 11.8 Å². The van der Waals surface area contributed by atoms with Crippen LogP contribution in [-0.4, -0.2) is 45.8 Å². The lowest BCUT2D eigenvalue weighted by Gasteiger charge is -2.36. The van der Waals surface area contributed by atoms with Gasteiger partial charge in [0.15, 0.2) is 0 Å². The molecular weight excluding hydrogens is 657 g/mol. The molecule has 0 atom stereocenters. The SMILES string of the molecule is COc1nc2cc(Cl)c(Cl)c(-c3nn(CCOC(c4ccccc4)(c4ccccc4)c4ccccc4)nc3-c3ccccc3)c2nc1OC. The molecule has 0 radical (unpaired) electrons. The number of hydrogen-bond acceptors (Lipinski definition) is 7. The molecule has 8 nitrogen and oxygen atoms in total. The van der Waals surface area contributed by atoms with Gasteiger partial charge in [0.2, 0.25) is 0 Å². The van der Waals surface area contributed by atoms with Crippen LogP contribution in [0.1, 0.15) is 16.7 Å². The van der Waals surface area contributed by atoms with Gasteiger partial charge in [0, 0.05) is 5.56 Å². The van der Waals surface area contributed by atoms with Gasteiger partial charge in [-0.2, -0.15) is 15.0 Å². The molecule has 0 fully saturated rings. The number of aromatic nitrogens is 5. The molecule has 49 heavy (non-hydrogen) atoms. The Morgan fingerprint density at radius 2 is 1.12 bits per heavy atom. The van der Waals surface area contributed by atoms with Gasteiger partial charge < -0.3 is 14.2 Å². The van der Waals surface area contributed by atoms with E-state index in [1.54, 1.807) is 10.9 Å². The molecule has 7 aromatic rings. The van der Waals surface area contributed by atoms with Crippen LogP contribution in [0.25, 0.3) is 33.5 Å². The molecule has 10 heteroatoms. The first-order chi connectivity index (χ1) is 24.0. The fourth-order valence-corrected chi connectivity index (χ4v) is 6.48. The summed E-state index contributed by atoms with van der Waals surface area (Å²) >= 11 is 13.6. The van der Waals surface area contributed by atoms with Crippen molar-refractivity contribution in [1.29, 1.82) is 0 Å². The van der Waals surface area contributed by atoms with E-state index >= 15 is 0 Å². The van der Waals surface area contributed by atoms with Gasteiger partial charge in [-0.3, -0.25) is 0 Å². The Morgan fingerprint density at radius 3 is 1.65 bits per heavy atom. The van der Waals surface area contributed by atoms with Crippen LogP contribution in [0.4, 0.5) is 0 Å². The van der Waals surface area contributed by atoms with Gasteiger partial charge in [-0.15, -0.1) is 0 Å². The van der Waals surface area contributed by atoms with Crippen molar-refractivity contribution >= 4 is 34.2 Å². The zero-order valence-corrected chi connectivity index (χ0v) is 28.3. The van der Waals surface area contributed by atoms with E-state index in [1.165, 1.54) is 14.2 Å². The number of halogens is 2. The van der Waals surface area contributed by atoms with Crippen LogP contribution in [0, 0.1) is 0 Å². The lowest BCUT2D eigenvalue weighted by Crippen LogP contribution is -2.34. The molecule has 5 aromatic carbocycles. The predicted molar refractivity (Wildman–Crippen MR) is 192 cm³/mol. The third kappa shape index (κ3) is 6.10. The largest absolute Gasteiger partial charge is 0.477 e. The van der Waals surface area contributed by atoms with Gasteiger partial charge in [0.05, 0.1) is 48.5 Å². The Labute approximate surface area is 293 Å². The average molecular weight is 689 g/mol. The van der Waals surface area contributed by atoms with Gasteiger partial charge >= 0.3 is 0 Å². The lowest BCUT2D eigenvalue weighted by atomic mass is 9.80. The van der Waals surface area contributed by atoms with Gasteiger partial charge in [-0.1, -0.05) is 145 Å². The maximum atomic E-state index is 7.02. The molecule has 0 saturated carbocycles. The number of methoxy groups -OCH3 is 2. The molecular formula is C39H31Cl2N5O3. The van der Waals surface area contributed by atoms with E-state index in [1.807, 2.05) is 84.9 Å². The minimum Gasteiger partial charge on any atom is -0.477 e. The maximum Gasteiger partial charge on any atom is 0.278 e. The first-order valence-electron chi connectivity index (χ1n) is 15.6. The van der Waals surface area contributed by atoms with Gasteiger partial charge in [-0.25, -0.2) is 9.97 Å². The number of rotatable bonds is 11. The Balaban J connectivity index is 1.34. The fraction of sp³-hybridized carbons (Fsp3) is 0.128. The summed E-state index contributed by atoms with van der Waals surface area (Å²) in [5.41, 5.74) is 5.46. The summed E-state index contributed by atoms with van der Waals surface area (Å²) in [5, 5.41) is 10.5. The molecule has 244 valence electrons. The molecule has 0 saturated heterocycles. The molecule has 0 aliphatic heterocycles. The highest BCUT2D eigenvalue weighted by Gasteiger charge is 2.37. The zero-order chi connectivity index (χ0) is 33.8. The van der Waals surface area contributed by atoms with Crippen molar-refractivity contribution in [3.63, 3.8) is 0 Å². The monoisotopic (exact) mass is 687 g/mol. The minimum absolute atomic E-state index is 0.204. The molecule has 2 heterocycles. The van der Waals surface area contributed by atoms with Crippen LogP contribution in [0.2, 0.25) is 10.0 Å². The van der Waals surface area contributed by atoms with Crippen LogP contribution >= 0.6 is 23.2 Å². The summed E-state index contributed by atoms with van der Waals surface area (Å²) in [7, 11) is 3.00. The van der Waals surface area contributed by atoms with Crippen molar-refractivity contribution in [1.82, 2.24) is 25.0 Å². The average Bonchev–Trinajstić information content (AvgIpc) is 3.58. The Morgan fingerprint density at radius 1 is 0.633 bits per heavy atom. The third-order valence-electron chi connectivity index (χ3n) is 8.27. The maximum absolute atomic E-state index is 7.02. The van der Waals surface area contributed by atoms with E-state index in [0.29, 0.717) is 39.6 Å². The van der Waals surface area contributed by atoms with E-state index < -0.39 is 5.60 Å². The Kier molecular flexibility index (Phi) is 9.26. The fourth-order valence-electron chi connectivity index (χ4n) is 6.05. The van der Waals surface area contributed by atoms with Crippen molar-refractivity contribution < 1.29 is 14.2 Å². The zero-order valence-electron chi connectivity index (χ0n) is 26.8. The van der Waals surface area contributed by atoms with Crippen molar-refractivity contribution in [2.75, 3.05) is 20.8 Å². The van der Waals surface area contributed by atoms with E-state index in [0.717, 1.165) is 22.3 Å². The summed E-state index contributed by atoms with van der Waals surface area (Å²) in [6, 6.07) is 42.1. The van der Waals surface area contributed by atoms with Crippen molar-refractivity contribution in [2.45, 2.75) is 12.1 Å². The first kappa shape index (κ1) is 32.3. The quantitative estimate of drug-likeness (QED) is 0.126. The standard InChI is InChI=1S/C39H31Cl2N5O3/c1-47-37-38(48-2)43-35-31(42-37)25-30(40)33(41)32(35)36-34(26-15-7-3-8-16-26)44-46(45-36)23-24-49-39(27-17-9-4-10-18-27,28-19-11-5-12-20-28)29-21-13-6-14-22-29/h3-22,25H,23-24H2,1-2H3. The highest BCUT2D eigenvalue weighted by atomic mass is 35.5. The summed E-state index contributed by atoms with van der Waals surface area (Å²) in [6.45, 7) is 0.600. The number of hydrogen-bond donors (Lipinski definition) is 0. The highest BCUT2D eigenvalue weighted by Crippen LogP contribution is 2.43.